The molecule has 0 aromatic carbocycles. The average molecular weight is 198 g/mol. The molecule has 3 heteroatoms. The van der Waals surface area contributed by atoms with E-state index in [9.17, 15) is 0 Å². The Morgan fingerprint density at radius 2 is 2.36 bits per heavy atom. The molecule has 14 heavy (non-hydrogen) atoms. The number of morpholine rings is 1. The van der Waals surface area contributed by atoms with Crippen molar-refractivity contribution in [3.05, 3.63) is 0 Å². The summed E-state index contributed by atoms with van der Waals surface area (Å²) in [5.41, 5.74) is 0.585. The van der Waals surface area contributed by atoms with E-state index in [1.165, 1.54) is 19.3 Å². The maximum absolute atomic E-state index is 5.62. The minimum absolute atomic E-state index is 0.382. The van der Waals surface area contributed by atoms with E-state index in [0.29, 0.717) is 11.5 Å². The van der Waals surface area contributed by atoms with E-state index in [1.54, 1.807) is 0 Å². The molecule has 1 unspecified atom stereocenters. The van der Waals surface area contributed by atoms with Crippen LogP contribution >= 0.6 is 0 Å². The van der Waals surface area contributed by atoms with Crippen molar-refractivity contribution in [1.82, 2.24) is 10.6 Å². The highest BCUT2D eigenvalue weighted by molar-refractivity contribution is 4.85. The summed E-state index contributed by atoms with van der Waals surface area (Å²) in [6.45, 7) is 7.42. The van der Waals surface area contributed by atoms with Crippen LogP contribution in [-0.4, -0.2) is 38.9 Å². The molecule has 82 valence electrons. The lowest BCUT2D eigenvalue weighted by atomic mass is 9.70. The van der Waals surface area contributed by atoms with Crippen molar-refractivity contribution in [2.24, 2.45) is 5.41 Å². The molecule has 0 bridgehead atoms. The second-order valence-electron chi connectivity index (χ2n) is 4.99. The standard InChI is InChI=1S/C11H22N2O/c1-11(3-2-4-11)9-13-8-10-7-12-5-6-14-10/h10,12-13H,2-9H2,1H3. The summed E-state index contributed by atoms with van der Waals surface area (Å²) in [5, 5.41) is 6.88. The summed E-state index contributed by atoms with van der Waals surface area (Å²) in [6, 6.07) is 0. The summed E-state index contributed by atoms with van der Waals surface area (Å²) < 4.78 is 5.62. The first-order valence-electron chi connectivity index (χ1n) is 5.82. The van der Waals surface area contributed by atoms with Gasteiger partial charge in [0.15, 0.2) is 0 Å². The van der Waals surface area contributed by atoms with Crippen molar-refractivity contribution in [3.63, 3.8) is 0 Å². The molecule has 3 nitrogen and oxygen atoms in total. The molecule has 2 rings (SSSR count). The van der Waals surface area contributed by atoms with Crippen LogP contribution in [0.2, 0.25) is 0 Å². The van der Waals surface area contributed by atoms with Crippen LogP contribution in [0.5, 0.6) is 0 Å². The molecule has 1 atom stereocenters. The van der Waals surface area contributed by atoms with Gasteiger partial charge in [0.25, 0.3) is 0 Å². The maximum Gasteiger partial charge on any atom is 0.0824 e. The second-order valence-corrected chi connectivity index (χ2v) is 4.99. The smallest absolute Gasteiger partial charge is 0.0824 e. The third-order valence-corrected chi connectivity index (χ3v) is 3.49. The Hall–Kier alpha value is -0.120. The van der Waals surface area contributed by atoms with Gasteiger partial charge in [0, 0.05) is 26.2 Å². The summed E-state index contributed by atoms with van der Waals surface area (Å²) in [7, 11) is 0. The van der Waals surface area contributed by atoms with Gasteiger partial charge in [0.1, 0.15) is 0 Å². The molecule has 0 radical (unpaired) electrons. The van der Waals surface area contributed by atoms with Crippen molar-refractivity contribution in [2.45, 2.75) is 32.3 Å². The molecule has 1 aliphatic heterocycles. The fourth-order valence-corrected chi connectivity index (χ4v) is 2.24. The monoisotopic (exact) mass is 198 g/mol. The number of rotatable bonds is 4. The van der Waals surface area contributed by atoms with Gasteiger partial charge in [0.2, 0.25) is 0 Å². The van der Waals surface area contributed by atoms with E-state index in [1.807, 2.05) is 0 Å². The Kier molecular flexibility index (Phi) is 3.42. The molecular weight excluding hydrogens is 176 g/mol. The topological polar surface area (TPSA) is 33.3 Å². The molecule has 0 amide bonds. The lowest BCUT2D eigenvalue weighted by Gasteiger charge is -2.39. The second kappa shape index (κ2) is 4.60. The van der Waals surface area contributed by atoms with Crippen molar-refractivity contribution in [3.8, 4) is 0 Å². The first-order valence-corrected chi connectivity index (χ1v) is 5.82. The van der Waals surface area contributed by atoms with E-state index < -0.39 is 0 Å². The van der Waals surface area contributed by atoms with E-state index in [0.717, 1.165) is 32.8 Å². The highest BCUT2D eigenvalue weighted by Crippen LogP contribution is 2.39. The van der Waals surface area contributed by atoms with Gasteiger partial charge in [-0.25, -0.2) is 0 Å². The highest BCUT2D eigenvalue weighted by atomic mass is 16.5. The molecule has 1 heterocycles. The number of hydrogen-bond acceptors (Lipinski definition) is 3. The van der Waals surface area contributed by atoms with Gasteiger partial charge < -0.3 is 15.4 Å². The van der Waals surface area contributed by atoms with Crippen LogP contribution in [0.1, 0.15) is 26.2 Å². The average Bonchev–Trinajstić information content (AvgIpc) is 2.17. The van der Waals surface area contributed by atoms with E-state index >= 15 is 0 Å². The maximum atomic E-state index is 5.62. The molecule has 2 fully saturated rings. The van der Waals surface area contributed by atoms with Crippen molar-refractivity contribution >= 4 is 0 Å². The van der Waals surface area contributed by atoms with E-state index in [2.05, 4.69) is 17.6 Å². The largest absolute Gasteiger partial charge is 0.374 e. The van der Waals surface area contributed by atoms with Gasteiger partial charge in [-0.3, -0.25) is 0 Å². The third kappa shape index (κ3) is 2.69. The van der Waals surface area contributed by atoms with Gasteiger partial charge in [0.05, 0.1) is 12.7 Å². The quantitative estimate of drug-likeness (QED) is 0.699. The van der Waals surface area contributed by atoms with Crippen LogP contribution < -0.4 is 10.6 Å². The predicted octanol–water partition coefficient (Wildman–Crippen LogP) is 0.755. The van der Waals surface area contributed by atoms with E-state index in [-0.39, 0.29) is 0 Å². The number of nitrogens with one attached hydrogen (secondary N) is 2. The Bertz CT molecular complexity index is 174. The van der Waals surface area contributed by atoms with Crippen LogP contribution in [0.3, 0.4) is 0 Å². The minimum atomic E-state index is 0.382. The number of hydrogen-bond donors (Lipinski definition) is 2. The minimum Gasteiger partial charge on any atom is -0.374 e. The number of ether oxygens (including phenoxy) is 1. The molecule has 0 aromatic heterocycles. The van der Waals surface area contributed by atoms with Crippen LogP contribution in [0.15, 0.2) is 0 Å². The highest BCUT2D eigenvalue weighted by Gasteiger charge is 2.31. The fourth-order valence-electron chi connectivity index (χ4n) is 2.24. The first-order chi connectivity index (χ1) is 6.79. The van der Waals surface area contributed by atoms with Crippen molar-refractivity contribution < 1.29 is 4.74 Å². The third-order valence-electron chi connectivity index (χ3n) is 3.49. The van der Waals surface area contributed by atoms with Crippen LogP contribution in [0.4, 0.5) is 0 Å². The zero-order valence-corrected chi connectivity index (χ0v) is 9.14. The van der Waals surface area contributed by atoms with E-state index in [4.69, 9.17) is 4.74 Å². The Labute approximate surface area is 86.6 Å². The van der Waals surface area contributed by atoms with Crippen molar-refractivity contribution in [1.29, 1.82) is 0 Å². The van der Waals surface area contributed by atoms with Crippen LogP contribution in [-0.2, 0) is 4.74 Å². The Morgan fingerprint density at radius 1 is 1.50 bits per heavy atom. The van der Waals surface area contributed by atoms with Gasteiger partial charge in [-0.1, -0.05) is 13.3 Å². The Balaban J connectivity index is 1.57. The molecule has 0 spiro atoms. The van der Waals surface area contributed by atoms with Gasteiger partial charge in [-0.15, -0.1) is 0 Å². The van der Waals surface area contributed by atoms with Crippen molar-refractivity contribution in [2.75, 3.05) is 32.8 Å². The lowest BCUT2D eigenvalue weighted by molar-refractivity contribution is 0.0257. The fraction of sp³-hybridized carbons (Fsp3) is 1.00. The first kappa shape index (κ1) is 10.4. The molecule has 1 saturated heterocycles. The Morgan fingerprint density at radius 3 is 2.93 bits per heavy atom. The molecule has 1 aliphatic carbocycles. The van der Waals surface area contributed by atoms with Crippen LogP contribution in [0, 0.1) is 5.41 Å². The summed E-state index contributed by atoms with van der Waals surface area (Å²) in [4.78, 5) is 0. The lowest BCUT2D eigenvalue weighted by Crippen LogP contribution is -2.46. The summed E-state index contributed by atoms with van der Waals surface area (Å²) in [6.07, 6.45) is 4.58. The van der Waals surface area contributed by atoms with Crippen LogP contribution in [0.25, 0.3) is 0 Å². The molecular formula is C11H22N2O. The summed E-state index contributed by atoms with van der Waals surface area (Å²) >= 11 is 0. The SMILES string of the molecule is CC1(CNCC2CNCCO2)CCC1. The molecule has 1 saturated carbocycles. The molecule has 0 aromatic rings. The normalized spacial score (nSPS) is 31.1. The predicted molar refractivity (Wildman–Crippen MR) is 57.4 cm³/mol. The molecule has 2 N–H and O–H groups in total. The van der Waals surface area contributed by atoms with Gasteiger partial charge >= 0.3 is 0 Å². The zero-order chi connectivity index (χ0) is 9.86. The summed E-state index contributed by atoms with van der Waals surface area (Å²) in [5.74, 6) is 0. The van der Waals surface area contributed by atoms with Gasteiger partial charge in [-0.05, 0) is 18.3 Å². The molecule has 2 aliphatic rings. The zero-order valence-electron chi connectivity index (χ0n) is 9.14. The van der Waals surface area contributed by atoms with Gasteiger partial charge in [-0.2, -0.15) is 0 Å².